The molecule has 0 saturated heterocycles. The average Bonchev–Trinajstić information content (AvgIpc) is 2.56. The summed E-state index contributed by atoms with van der Waals surface area (Å²) >= 11 is 0. The predicted octanol–water partition coefficient (Wildman–Crippen LogP) is -0.586. The molecule has 0 aliphatic rings. The number of hydrogen-bond acceptors (Lipinski definition) is 6. The fourth-order valence-electron chi connectivity index (χ4n) is 0.751. The molecule has 0 saturated carbocycles. The molecule has 0 bridgehead atoms. The van der Waals surface area contributed by atoms with Crippen LogP contribution in [0.5, 0.6) is 0 Å². The Hall–Kier alpha value is -1.47. The normalized spacial score (nSPS) is 12.8. The van der Waals surface area contributed by atoms with Crippen LogP contribution in [0.4, 0.5) is 0 Å². The minimum atomic E-state index is -1.25. The number of methoxy groups -OCH3 is 1. The zero-order chi connectivity index (χ0) is 9.84. The smallest absolute Gasteiger partial charge is 0.377 e. The van der Waals surface area contributed by atoms with Gasteiger partial charge in [-0.1, -0.05) is 0 Å². The second-order valence-corrected chi connectivity index (χ2v) is 2.22. The van der Waals surface area contributed by atoms with Crippen molar-refractivity contribution in [1.82, 2.24) is 10.1 Å². The fourth-order valence-corrected chi connectivity index (χ4v) is 0.751. The third-order valence-electron chi connectivity index (χ3n) is 1.41. The summed E-state index contributed by atoms with van der Waals surface area (Å²) in [6.07, 6.45) is -0.555. The fraction of sp³-hybridized carbons (Fsp3) is 0.500. The molecule has 1 heterocycles. The Labute approximate surface area is 73.5 Å². The molecule has 7 heteroatoms. The molecular weight excluding hydrogens is 178 g/mol. The summed E-state index contributed by atoms with van der Waals surface area (Å²) in [5, 5.41) is 11.7. The number of carbonyl (C=O) groups is 1. The Kier molecular flexibility index (Phi) is 2.93. The van der Waals surface area contributed by atoms with Gasteiger partial charge in [0.05, 0.1) is 0 Å². The lowest BCUT2D eigenvalue weighted by molar-refractivity contribution is 0.0679. The highest BCUT2D eigenvalue weighted by Gasteiger charge is 2.19. The highest BCUT2D eigenvalue weighted by Crippen LogP contribution is 2.11. The second-order valence-electron chi connectivity index (χ2n) is 2.22. The van der Waals surface area contributed by atoms with Crippen LogP contribution >= 0.6 is 0 Å². The molecule has 0 aliphatic heterocycles. The van der Waals surface area contributed by atoms with E-state index in [0.717, 1.165) is 0 Å². The van der Waals surface area contributed by atoms with Crippen LogP contribution in [0.25, 0.3) is 0 Å². The monoisotopic (exact) mass is 187 g/mol. The minimum Gasteiger partial charge on any atom is -0.475 e. The van der Waals surface area contributed by atoms with E-state index in [4.69, 9.17) is 15.6 Å². The zero-order valence-corrected chi connectivity index (χ0v) is 6.93. The first-order valence-corrected chi connectivity index (χ1v) is 3.48. The lowest BCUT2D eigenvalue weighted by Crippen LogP contribution is -2.14. The van der Waals surface area contributed by atoms with Gasteiger partial charge in [0.1, 0.15) is 6.10 Å². The van der Waals surface area contributed by atoms with Gasteiger partial charge >= 0.3 is 5.97 Å². The molecule has 1 rings (SSSR count). The van der Waals surface area contributed by atoms with E-state index in [1.807, 2.05) is 0 Å². The number of carboxylic acid groups (broad SMARTS) is 1. The Balaban J connectivity index is 2.84. The van der Waals surface area contributed by atoms with Crippen LogP contribution in [-0.4, -0.2) is 34.9 Å². The average molecular weight is 187 g/mol. The van der Waals surface area contributed by atoms with Gasteiger partial charge in [0.2, 0.25) is 0 Å². The van der Waals surface area contributed by atoms with Crippen LogP contribution in [0.2, 0.25) is 0 Å². The standard InChI is InChI=1S/C6H9N3O4/c1-12-3(2-7)5-8-4(6(10)11)9-13-5/h3H,2,7H2,1H3,(H,10,11). The van der Waals surface area contributed by atoms with E-state index in [0.29, 0.717) is 0 Å². The van der Waals surface area contributed by atoms with Gasteiger partial charge in [-0.15, -0.1) is 0 Å². The number of hydrogen-bond donors (Lipinski definition) is 2. The van der Waals surface area contributed by atoms with Gasteiger partial charge in [-0.3, -0.25) is 0 Å². The molecular formula is C6H9N3O4. The van der Waals surface area contributed by atoms with Crippen molar-refractivity contribution in [3.63, 3.8) is 0 Å². The molecule has 1 aromatic rings. The van der Waals surface area contributed by atoms with Gasteiger partial charge in [-0.25, -0.2) is 4.79 Å². The molecule has 0 aliphatic carbocycles. The molecule has 1 aromatic heterocycles. The molecule has 7 nitrogen and oxygen atoms in total. The lowest BCUT2D eigenvalue weighted by Gasteiger charge is -2.05. The van der Waals surface area contributed by atoms with Gasteiger partial charge in [0.15, 0.2) is 0 Å². The summed E-state index contributed by atoms with van der Waals surface area (Å²) in [4.78, 5) is 13.9. The van der Waals surface area contributed by atoms with Gasteiger partial charge in [0, 0.05) is 13.7 Å². The molecule has 1 atom stereocenters. The van der Waals surface area contributed by atoms with Gasteiger partial charge in [-0.05, 0) is 5.16 Å². The maximum atomic E-state index is 10.4. The Morgan fingerprint density at radius 3 is 2.92 bits per heavy atom. The molecule has 72 valence electrons. The van der Waals surface area contributed by atoms with Crippen molar-refractivity contribution in [2.75, 3.05) is 13.7 Å². The molecule has 1 unspecified atom stereocenters. The van der Waals surface area contributed by atoms with Gasteiger partial charge in [-0.2, -0.15) is 4.98 Å². The number of nitrogens with zero attached hydrogens (tertiary/aromatic N) is 2. The third-order valence-corrected chi connectivity index (χ3v) is 1.41. The van der Waals surface area contributed by atoms with Crippen LogP contribution < -0.4 is 5.73 Å². The second kappa shape index (κ2) is 3.97. The van der Waals surface area contributed by atoms with Crippen molar-refractivity contribution in [3.05, 3.63) is 11.7 Å². The van der Waals surface area contributed by atoms with E-state index in [9.17, 15) is 4.79 Å². The summed E-state index contributed by atoms with van der Waals surface area (Å²) < 4.78 is 9.49. The summed E-state index contributed by atoms with van der Waals surface area (Å²) in [6.45, 7) is 0.151. The Bertz CT molecular complexity index is 294. The topological polar surface area (TPSA) is 111 Å². The van der Waals surface area contributed by atoms with E-state index in [1.165, 1.54) is 7.11 Å². The first-order chi connectivity index (χ1) is 6.19. The maximum Gasteiger partial charge on any atom is 0.377 e. The van der Waals surface area contributed by atoms with E-state index < -0.39 is 17.9 Å². The molecule has 0 spiro atoms. The summed E-state index contributed by atoms with van der Waals surface area (Å²) in [5.74, 6) is -1.57. The van der Waals surface area contributed by atoms with E-state index >= 15 is 0 Å². The highest BCUT2D eigenvalue weighted by atomic mass is 16.5. The Morgan fingerprint density at radius 2 is 2.54 bits per heavy atom. The van der Waals surface area contributed by atoms with Gasteiger partial charge in [0.25, 0.3) is 11.7 Å². The van der Waals surface area contributed by atoms with Crippen molar-refractivity contribution < 1.29 is 19.2 Å². The van der Waals surface area contributed by atoms with Crippen molar-refractivity contribution in [1.29, 1.82) is 0 Å². The largest absolute Gasteiger partial charge is 0.475 e. The molecule has 0 aromatic carbocycles. The molecule has 0 fully saturated rings. The number of aromatic carboxylic acids is 1. The minimum absolute atomic E-state index is 0.0717. The zero-order valence-electron chi connectivity index (χ0n) is 6.93. The number of carboxylic acids is 1. The summed E-state index contributed by atoms with van der Waals surface area (Å²) in [7, 11) is 1.42. The molecule has 0 radical (unpaired) electrons. The number of ether oxygens (including phenoxy) is 1. The SMILES string of the molecule is COC(CN)c1nc(C(=O)O)no1. The van der Waals surface area contributed by atoms with Crippen molar-refractivity contribution in [2.24, 2.45) is 5.73 Å². The van der Waals surface area contributed by atoms with E-state index in [2.05, 4.69) is 14.7 Å². The first-order valence-electron chi connectivity index (χ1n) is 3.48. The Morgan fingerprint density at radius 1 is 1.85 bits per heavy atom. The third kappa shape index (κ3) is 2.01. The van der Waals surface area contributed by atoms with Crippen LogP contribution in [0, 0.1) is 0 Å². The maximum absolute atomic E-state index is 10.4. The molecule has 3 N–H and O–H groups in total. The van der Waals surface area contributed by atoms with Crippen LogP contribution in [0.15, 0.2) is 4.52 Å². The first kappa shape index (κ1) is 9.62. The van der Waals surface area contributed by atoms with E-state index in [-0.39, 0.29) is 12.4 Å². The molecule has 0 amide bonds. The van der Waals surface area contributed by atoms with Crippen molar-refractivity contribution in [2.45, 2.75) is 6.10 Å². The van der Waals surface area contributed by atoms with Crippen LogP contribution in [-0.2, 0) is 4.74 Å². The van der Waals surface area contributed by atoms with Crippen molar-refractivity contribution in [3.8, 4) is 0 Å². The predicted molar refractivity (Wildman–Crippen MR) is 40.1 cm³/mol. The number of rotatable bonds is 4. The highest BCUT2D eigenvalue weighted by molar-refractivity contribution is 5.82. The van der Waals surface area contributed by atoms with Crippen LogP contribution in [0.1, 0.15) is 22.6 Å². The van der Waals surface area contributed by atoms with Crippen molar-refractivity contribution >= 4 is 5.97 Å². The number of nitrogens with two attached hydrogens (primary N) is 1. The molecule has 13 heavy (non-hydrogen) atoms. The quantitative estimate of drug-likeness (QED) is 0.648. The van der Waals surface area contributed by atoms with Gasteiger partial charge < -0.3 is 20.1 Å². The number of aromatic nitrogens is 2. The lowest BCUT2D eigenvalue weighted by atomic mass is 10.3. The van der Waals surface area contributed by atoms with Crippen LogP contribution in [0.3, 0.4) is 0 Å². The van der Waals surface area contributed by atoms with E-state index in [1.54, 1.807) is 0 Å². The summed E-state index contributed by atoms with van der Waals surface area (Å²) in [5.41, 5.74) is 5.30. The summed E-state index contributed by atoms with van der Waals surface area (Å²) in [6, 6.07) is 0.